The number of hydrogen-bond donors (Lipinski definition) is 2. The number of amides is 1. The van der Waals surface area contributed by atoms with Crippen molar-refractivity contribution < 1.29 is 13.2 Å². The highest BCUT2D eigenvalue weighted by Crippen LogP contribution is 2.33. The van der Waals surface area contributed by atoms with E-state index in [1.807, 2.05) is 49.4 Å². The first-order chi connectivity index (χ1) is 15.0. The summed E-state index contributed by atoms with van der Waals surface area (Å²) < 4.78 is 23.4. The van der Waals surface area contributed by atoms with E-state index in [2.05, 4.69) is 34.4 Å². The van der Waals surface area contributed by atoms with E-state index in [0.29, 0.717) is 18.1 Å². The molecule has 8 heteroatoms. The molecule has 0 atom stereocenters. The molecule has 0 aliphatic carbocycles. The summed E-state index contributed by atoms with van der Waals surface area (Å²) in [5, 5.41) is 6.11. The molecule has 7 nitrogen and oxygen atoms in total. The maximum atomic E-state index is 12.2. The molecule has 1 amide bonds. The van der Waals surface area contributed by atoms with Crippen LogP contribution in [0.1, 0.15) is 40.9 Å². The summed E-state index contributed by atoms with van der Waals surface area (Å²) in [4.78, 5) is 21.2. The average Bonchev–Trinajstić information content (AvgIpc) is 2.72. The normalized spacial score (nSPS) is 15.1. The van der Waals surface area contributed by atoms with Gasteiger partial charge in [0, 0.05) is 41.2 Å². The van der Waals surface area contributed by atoms with E-state index in [-0.39, 0.29) is 17.1 Å². The maximum Gasteiger partial charge on any atom is 0.251 e. The number of nitrogens with one attached hydrogen (secondary N) is 2. The monoisotopic (exact) mass is 450 g/mol. The van der Waals surface area contributed by atoms with Crippen molar-refractivity contribution in [1.29, 1.82) is 0 Å². The minimum atomic E-state index is -3.14. The highest BCUT2D eigenvalue weighted by atomic mass is 32.2. The molecule has 1 aromatic heterocycles. The van der Waals surface area contributed by atoms with Gasteiger partial charge in [-0.2, -0.15) is 0 Å². The van der Waals surface area contributed by atoms with Crippen LogP contribution in [0.15, 0.2) is 48.7 Å². The number of benzene rings is 2. The fourth-order valence-electron chi connectivity index (χ4n) is 3.85. The molecule has 3 aromatic rings. The highest BCUT2D eigenvalue weighted by Gasteiger charge is 2.31. The fraction of sp³-hybridized carbons (Fsp3) is 0.292. The zero-order valence-corrected chi connectivity index (χ0v) is 19.4. The van der Waals surface area contributed by atoms with E-state index in [4.69, 9.17) is 0 Å². The molecule has 0 fully saturated rings. The molecule has 32 heavy (non-hydrogen) atoms. The number of fused-ring (bicyclic) bond motifs is 1. The van der Waals surface area contributed by atoms with Gasteiger partial charge in [0.15, 0.2) is 9.84 Å². The second kappa shape index (κ2) is 8.02. The van der Waals surface area contributed by atoms with Gasteiger partial charge in [0.25, 0.3) is 5.91 Å². The van der Waals surface area contributed by atoms with Gasteiger partial charge in [0.1, 0.15) is 0 Å². The van der Waals surface area contributed by atoms with Gasteiger partial charge in [-0.15, -0.1) is 0 Å². The highest BCUT2D eigenvalue weighted by molar-refractivity contribution is 7.89. The molecular formula is C24H26N4O3S. The van der Waals surface area contributed by atoms with Crippen molar-refractivity contribution in [2.24, 2.45) is 0 Å². The molecule has 0 saturated heterocycles. The third-order valence-corrected chi connectivity index (χ3v) is 6.49. The number of aromatic nitrogens is 2. The molecule has 0 unspecified atom stereocenters. The molecule has 4 rings (SSSR count). The molecule has 166 valence electrons. The Balaban J connectivity index is 1.64. The number of carbonyl (C=O) groups excluding carboxylic acids is 1. The summed E-state index contributed by atoms with van der Waals surface area (Å²) >= 11 is 0. The van der Waals surface area contributed by atoms with E-state index >= 15 is 0 Å². The summed E-state index contributed by atoms with van der Waals surface area (Å²) in [6.07, 6.45) is 2.90. The van der Waals surface area contributed by atoms with Crippen LogP contribution in [-0.2, 0) is 21.0 Å². The fourth-order valence-corrected chi connectivity index (χ4v) is 4.73. The molecule has 0 saturated carbocycles. The zero-order valence-electron chi connectivity index (χ0n) is 18.6. The Bertz CT molecular complexity index is 1320. The lowest BCUT2D eigenvalue weighted by Crippen LogP contribution is -2.43. The topological polar surface area (TPSA) is 101 Å². The Kier molecular flexibility index (Phi) is 5.50. The number of nitrogens with zero attached hydrogens (tertiary/aromatic N) is 2. The molecular weight excluding hydrogens is 424 g/mol. The Morgan fingerprint density at radius 1 is 1.12 bits per heavy atom. The summed E-state index contributed by atoms with van der Waals surface area (Å²) in [5.41, 5.74) is 5.51. The van der Waals surface area contributed by atoms with Crippen molar-refractivity contribution in [1.82, 2.24) is 15.3 Å². The van der Waals surface area contributed by atoms with Crippen molar-refractivity contribution in [3.05, 3.63) is 70.9 Å². The molecule has 1 aliphatic rings. The van der Waals surface area contributed by atoms with Crippen LogP contribution < -0.4 is 10.6 Å². The first-order valence-corrected chi connectivity index (χ1v) is 12.4. The molecule has 0 bridgehead atoms. The van der Waals surface area contributed by atoms with Crippen molar-refractivity contribution >= 4 is 27.4 Å². The van der Waals surface area contributed by atoms with Crippen LogP contribution in [0.3, 0.4) is 0 Å². The van der Waals surface area contributed by atoms with Gasteiger partial charge in [-0.1, -0.05) is 26.0 Å². The molecule has 2 heterocycles. The van der Waals surface area contributed by atoms with Crippen LogP contribution in [0.4, 0.5) is 11.6 Å². The third-order valence-electron chi connectivity index (χ3n) is 5.66. The van der Waals surface area contributed by atoms with Gasteiger partial charge in [0.05, 0.1) is 11.4 Å². The summed E-state index contributed by atoms with van der Waals surface area (Å²) in [5.74, 6) is 0.333. The van der Waals surface area contributed by atoms with Gasteiger partial charge < -0.3 is 10.6 Å². The Morgan fingerprint density at radius 3 is 2.66 bits per heavy atom. The van der Waals surface area contributed by atoms with E-state index in [1.165, 1.54) is 6.26 Å². The van der Waals surface area contributed by atoms with Gasteiger partial charge in [-0.25, -0.2) is 18.4 Å². The lowest BCUT2D eigenvalue weighted by Gasteiger charge is -2.32. The average molecular weight is 451 g/mol. The van der Waals surface area contributed by atoms with E-state index in [0.717, 1.165) is 33.6 Å². The first kappa shape index (κ1) is 22.0. The lowest BCUT2D eigenvalue weighted by molar-refractivity contribution is 0.0930. The number of hydrogen-bond acceptors (Lipinski definition) is 6. The van der Waals surface area contributed by atoms with Crippen molar-refractivity contribution in [3.63, 3.8) is 0 Å². The van der Waals surface area contributed by atoms with E-state index in [9.17, 15) is 13.2 Å². The smallest absolute Gasteiger partial charge is 0.251 e. The minimum Gasteiger partial charge on any atom is -0.351 e. The van der Waals surface area contributed by atoms with Crippen LogP contribution in [0.5, 0.6) is 0 Å². The quantitative estimate of drug-likeness (QED) is 0.614. The molecule has 2 aromatic carbocycles. The maximum absolute atomic E-state index is 12.2. The summed E-state index contributed by atoms with van der Waals surface area (Å²) in [6, 6.07) is 13.1. The summed E-state index contributed by atoms with van der Waals surface area (Å²) in [6.45, 7) is 6.68. The number of carbonyl (C=O) groups is 1. The number of rotatable bonds is 5. The second-order valence-electron chi connectivity index (χ2n) is 8.93. The lowest BCUT2D eigenvalue weighted by atomic mass is 9.78. The van der Waals surface area contributed by atoms with Crippen LogP contribution in [0.2, 0.25) is 0 Å². The second-order valence-corrected chi connectivity index (χ2v) is 11.1. The van der Waals surface area contributed by atoms with Crippen LogP contribution in [0, 0.1) is 6.92 Å². The van der Waals surface area contributed by atoms with Crippen LogP contribution >= 0.6 is 0 Å². The van der Waals surface area contributed by atoms with Gasteiger partial charge >= 0.3 is 0 Å². The zero-order chi connectivity index (χ0) is 23.1. The predicted molar refractivity (Wildman–Crippen MR) is 126 cm³/mol. The predicted octanol–water partition coefficient (Wildman–Crippen LogP) is 3.76. The number of anilines is 2. The third kappa shape index (κ3) is 4.65. The van der Waals surface area contributed by atoms with E-state index in [1.54, 1.807) is 6.20 Å². The molecule has 1 aliphatic heterocycles. The summed E-state index contributed by atoms with van der Waals surface area (Å²) in [7, 11) is -3.14. The Morgan fingerprint density at radius 2 is 1.91 bits per heavy atom. The van der Waals surface area contributed by atoms with Crippen molar-refractivity contribution in [2.75, 3.05) is 18.1 Å². The van der Waals surface area contributed by atoms with E-state index < -0.39 is 9.84 Å². The molecule has 0 radical (unpaired) electrons. The van der Waals surface area contributed by atoms with Gasteiger partial charge in [0.2, 0.25) is 5.95 Å². The van der Waals surface area contributed by atoms with Crippen molar-refractivity contribution in [3.8, 4) is 11.3 Å². The van der Waals surface area contributed by atoms with Gasteiger partial charge in [-0.3, -0.25) is 4.79 Å². The first-order valence-electron chi connectivity index (χ1n) is 10.3. The van der Waals surface area contributed by atoms with Crippen molar-refractivity contribution in [2.45, 2.75) is 31.9 Å². The SMILES string of the molecule is Cc1ccc(Nc2nccc(-c3ccc4c(c3)C(C)(C)CNC4=O)n2)cc1CS(C)(=O)=O. The Labute approximate surface area is 188 Å². The molecule has 2 N–H and O–H groups in total. The number of aryl methyl sites for hydroxylation is 1. The van der Waals surface area contributed by atoms with Crippen LogP contribution in [-0.4, -0.2) is 37.1 Å². The number of sulfone groups is 1. The Hall–Kier alpha value is -3.26. The minimum absolute atomic E-state index is 0.0201. The standard InChI is InChI=1S/C24H26N4O3S/c1-15-5-7-18(11-17(15)13-32(4,30)31)27-23-25-10-9-21(28-23)16-6-8-19-20(12-16)24(2,3)14-26-22(19)29/h5-12H,13-14H2,1-4H3,(H,26,29)(H,25,27,28). The van der Waals surface area contributed by atoms with Crippen LogP contribution in [0.25, 0.3) is 11.3 Å². The van der Waals surface area contributed by atoms with Gasteiger partial charge in [-0.05, 0) is 53.9 Å². The largest absolute Gasteiger partial charge is 0.351 e. The molecule has 0 spiro atoms.